The van der Waals surface area contributed by atoms with Crippen LogP contribution < -0.4 is 4.74 Å². The first-order chi connectivity index (χ1) is 11.8. The summed E-state index contributed by atoms with van der Waals surface area (Å²) in [5.74, 6) is 1.61. The van der Waals surface area contributed by atoms with Gasteiger partial charge in [-0.05, 0) is 36.1 Å². The number of ether oxygens (including phenoxy) is 1. The molecule has 1 heterocycles. The zero-order valence-corrected chi connectivity index (χ0v) is 13.2. The van der Waals surface area contributed by atoms with Crippen molar-refractivity contribution in [3.8, 4) is 11.6 Å². The number of carbonyl (C=O) groups is 1. The van der Waals surface area contributed by atoms with E-state index in [1.807, 2.05) is 54.6 Å². The van der Waals surface area contributed by atoms with Gasteiger partial charge in [-0.15, -0.1) is 0 Å². The lowest BCUT2D eigenvalue weighted by Gasteiger charge is -2.23. The van der Waals surface area contributed by atoms with Crippen LogP contribution in [0.5, 0.6) is 11.6 Å². The highest BCUT2D eigenvalue weighted by Gasteiger charge is 2.27. The van der Waals surface area contributed by atoms with Crippen LogP contribution >= 0.6 is 0 Å². The molecule has 0 bridgehead atoms. The first-order valence-corrected chi connectivity index (χ1v) is 8.10. The number of para-hydroxylation sites is 1. The van der Waals surface area contributed by atoms with E-state index in [-0.39, 0.29) is 11.7 Å². The van der Waals surface area contributed by atoms with Gasteiger partial charge in [-0.1, -0.05) is 48.5 Å². The summed E-state index contributed by atoms with van der Waals surface area (Å²) in [5.41, 5.74) is 2.74. The average molecular weight is 315 g/mol. The lowest BCUT2D eigenvalue weighted by molar-refractivity contribution is 0.0963. The van der Waals surface area contributed by atoms with E-state index < -0.39 is 0 Å². The number of fused-ring (bicyclic) bond motifs is 1. The summed E-state index contributed by atoms with van der Waals surface area (Å²) in [5, 5.41) is 0. The number of pyridine rings is 1. The number of benzene rings is 2. The molecule has 0 aliphatic heterocycles. The number of aromatic nitrogens is 1. The quantitative estimate of drug-likeness (QED) is 0.698. The van der Waals surface area contributed by atoms with E-state index in [2.05, 4.69) is 17.1 Å². The lowest BCUT2D eigenvalue weighted by Crippen LogP contribution is -2.20. The Morgan fingerprint density at radius 3 is 2.29 bits per heavy atom. The summed E-state index contributed by atoms with van der Waals surface area (Å²) in [6, 6.07) is 23.3. The van der Waals surface area contributed by atoms with Crippen molar-refractivity contribution in [3.05, 3.63) is 89.6 Å². The van der Waals surface area contributed by atoms with Gasteiger partial charge < -0.3 is 4.74 Å². The van der Waals surface area contributed by atoms with Crippen LogP contribution in [0.15, 0.2) is 72.8 Å². The maximum absolute atomic E-state index is 12.5. The molecule has 3 heteroatoms. The summed E-state index contributed by atoms with van der Waals surface area (Å²) in [6.07, 6.45) is 1.30. The van der Waals surface area contributed by atoms with Gasteiger partial charge in [-0.2, -0.15) is 0 Å². The topological polar surface area (TPSA) is 39.2 Å². The van der Waals surface area contributed by atoms with Crippen LogP contribution in [-0.4, -0.2) is 10.8 Å². The predicted molar refractivity (Wildman–Crippen MR) is 92.6 cm³/mol. The molecular formula is C21H17NO2. The Balaban J connectivity index is 1.62. The van der Waals surface area contributed by atoms with Crippen LogP contribution in [0.25, 0.3) is 0 Å². The van der Waals surface area contributed by atoms with Gasteiger partial charge in [0.2, 0.25) is 5.88 Å². The summed E-state index contributed by atoms with van der Waals surface area (Å²) >= 11 is 0. The zero-order valence-electron chi connectivity index (χ0n) is 13.2. The van der Waals surface area contributed by atoms with Crippen molar-refractivity contribution in [2.24, 2.45) is 0 Å². The van der Waals surface area contributed by atoms with Crippen LogP contribution in [0, 0.1) is 0 Å². The van der Waals surface area contributed by atoms with Gasteiger partial charge in [0.15, 0.2) is 5.78 Å². The van der Waals surface area contributed by atoms with E-state index in [0.29, 0.717) is 12.3 Å². The second-order valence-electron chi connectivity index (χ2n) is 6.00. The molecule has 0 saturated carbocycles. The molecule has 4 rings (SSSR count). The Morgan fingerprint density at radius 2 is 1.54 bits per heavy atom. The van der Waals surface area contributed by atoms with Crippen molar-refractivity contribution in [3.63, 3.8) is 0 Å². The molecule has 1 unspecified atom stereocenters. The second kappa shape index (κ2) is 6.28. The van der Waals surface area contributed by atoms with Gasteiger partial charge >= 0.3 is 0 Å². The standard InChI is InChI=1S/C21H17NO2/c23-20-14-16(15-7-3-1-4-8-15)13-19-18(20)11-12-21(22-19)24-17-9-5-2-6-10-17/h1-12,16H,13-14H2. The van der Waals surface area contributed by atoms with Gasteiger partial charge in [-0.3, -0.25) is 4.79 Å². The highest BCUT2D eigenvalue weighted by Crippen LogP contribution is 2.33. The summed E-state index contributed by atoms with van der Waals surface area (Å²) in [7, 11) is 0. The first-order valence-electron chi connectivity index (χ1n) is 8.10. The van der Waals surface area contributed by atoms with Crippen molar-refractivity contribution >= 4 is 5.78 Å². The number of nitrogens with zero attached hydrogens (tertiary/aromatic N) is 1. The molecule has 0 N–H and O–H groups in total. The van der Waals surface area contributed by atoms with Crippen molar-refractivity contribution in [1.82, 2.24) is 4.98 Å². The molecule has 0 amide bonds. The minimum Gasteiger partial charge on any atom is -0.439 e. The Morgan fingerprint density at radius 1 is 0.833 bits per heavy atom. The summed E-state index contributed by atoms with van der Waals surface area (Å²) in [6.45, 7) is 0. The molecule has 0 fully saturated rings. The molecule has 0 radical (unpaired) electrons. The summed E-state index contributed by atoms with van der Waals surface area (Å²) in [4.78, 5) is 17.0. The molecule has 0 spiro atoms. The van der Waals surface area contributed by atoms with E-state index in [4.69, 9.17) is 4.74 Å². The van der Waals surface area contributed by atoms with E-state index in [0.717, 1.165) is 23.4 Å². The molecule has 3 nitrogen and oxygen atoms in total. The third kappa shape index (κ3) is 2.93. The number of rotatable bonds is 3. The Kier molecular flexibility index (Phi) is 3.83. The van der Waals surface area contributed by atoms with Crippen molar-refractivity contribution in [2.45, 2.75) is 18.8 Å². The Labute approximate surface area is 140 Å². The molecule has 1 aliphatic rings. The van der Waals surface area contributed by atoms with Crippen LogP contribution in [-0.2, 0) is 6.42 Å². The predicted octanol–water partition coefficient (Wildman–Crippen LogP) is 4.79. The van der Waals surface area contributed by atoms with E-state index in [9.17, 15) is 4.79 Å². The van der Waals surface area contributed by atoms with Crippen molar-refractivity contribution in [1.29, 1.82) is 0 Å². The number of Topliss-reactive ketones (excluding diaryl/α,β-unsaturated/α-hetero) is 1. The monoisotopic (exact) mass is 315 g/mol. The number of carbonyl (C=O) groups excluding carboxylic acids is 1. The van der Waals surface area contributed by atoms with E-state index in [1.165, 1.54) is 5.56 Å². The van der Waals surface area contributed by atoms with Crippen LogP contribution in [0.1, 0.15) is 34.0 Å². The fraction of sp³-hybridized carbons (Fsp3) is 0.143. The highest BCUT2D eigenvalue weighted by molar-refractivity contribution is 5.98. The zero-order chi connectivity index (χ0) is 16.4. The molecule has 1 atom stereocenters. The fourth-order valence-corrected chi connectivity index (χ4v) is 3.16. The number of hydrogen-bond donors (Lipinski definition) is 0. The van der Waals surface area contributed by atoms with Crippen LogP contribution in [0.3, 0.4) is 0 Å². The minimum atomic E-state index is 0.156. The van der Waals surface area contributed by atoms with Gasteiger partial charge in [0.1, 0.15) is 5.75 Å². The number of hydrogen-bond acceptors (Lipinski definition) is 3. The van der Waals surface area contributed by atoms with E-state index >= 15 is 0 Å². The highest BCUT2D eigenvalue weighted by atomic mass is 16.5. The molecule has 1 aromatic heterocycles. The van der Waals surface area contributed by atoms with Gasteiger partial charge in [0.05, 0.1) is 5.69 Å². The largest absolute Gasteiger partial charge is 0.439 e. The molecule has 0 saturated heterocycles. The second-order valence-corrected chi connectivity index (χ2v) is 6.00. The van der Waals surface area contributed by atoms with Crippen molar-refractivity contribution < 1.29 is 9.53 Å². The van der Waals surface area contributed by atoms with Gasteiger partial charge in [-0.25, -0.2) is 4.98 Å². The summed E-state index contributed by atoms with van der Waals surface area (Å²) < 4.78 is 5.80. The molecule has 2 aromatic carbocycles. The SMILES string of the molecule is O=C1CC(c2ccccc2)Cc2nc(Oc3ccccc3)ccc21. The molecule has 3 aromatic rings. The average Bonchev–Trinajstić information content (AvgIpc) is 2.63. The minimum absolute atomic E-state index is 0.156. The van der Waals surface area contributed by atoms with E-state index in [1.54, 1.807) is 6.07 Å². The van der Waals surface area contributed by atoms with Crippen LogP contribution in [0.4, 0.5) is 0 Å². The Bertz CT molecular complexity index is 860. The lowest BCUT2D eigenvalue weighted by atomic mass is 9.82. The van der Waals surface area contributed by atoms with Gasteiger partial charge in [0, 0.05) is 18.1 Å². The van der Waals surface area contributed by atoms with Crippen molar-refractivity contribution in [2.75, 3.05) is 0 Å². The normalized spacial score (nSPS) is 16.5. The molecular weight excluding hydrogens is 298 g/mol. The molecule has 1 aliphatic carbocycles. The molecule has 118 valence electrons. The van der Waals surface area contributed by atoms with Gasteiger partial charge in [0.25, 0.3) is 0 Å². The maximum atomic E-state index is 12.5. The fourth-order valence-electron chi connectivity index (χ4n) is 3.16. The smallest absolute Gasteiger partial charge is 0.219 e. The first kappa shape index (κ1) is 14.6. The Hall–Kier alpha value is -2.94. The van der Waals surface area contributed by atoms with Crippen LogP contribution in [0.2, 0.25) is 0 Å². The third-order valence-electron chi connectivity index (χ3n) is 4.36. The third-order valence-corrected chi connectivity index (χ3v) is 4.36. The number of ketones is 1. The maximum Gasteiger partial charge on any atom is 0.219 e. The molecule has 24 heavy (non-hydrogen) atoms.